The minimum atomic E-state index is -0.219. The van der Waals surface area contributed by atoms with E-state index in [-0.39, 0.29) is 5.82 Å². The number of halogens is 1. The summed E-state index contributed by atoms with van der Waals surface area (Å²) in [5.74, 6) is 0.636. The number of aromatic nitrogens is 2. The highest BCUT2D eigenvalue weighted by molar-refractivity contribution is 5.76. The maximum Gasteiger partial charge on any atom is 0.149 e. The summed E-state index contributed by atoms with van der Waals surface area (Å²) >= 11 is 0. The van der Waals surface area contributed by atoms with Crippen molar-refractivity contribution in [1.82, 2.24) is 14.9 Å². The molecule has 16 heavy (non-hydrogen) atoms. The molecule has 0 aliphatic heterocycles. The molecule has 1 heterocycles. The van der Waals surface area contributed by atoms with Crippen LogP contribution in [0.5, 0.6) is 0 Å². The molecule has 0 bridgehead atoms. The number of aryl methyl sites for hydroxylation is 1. The van der Waals surface area contributed by atoms with E-state index in [1.54, 1.807) is 10.6 Å². The fraction of sp³-hybridized carbons (Fsp3) is 0.417. The van der Waals surface area contributed by atoms with Gasteiger partial charge in [0.25, 0.3) is 0 Å². The van der Waals surface area contributed by atoms with Gasteiger partial charge >= 0.3 is 0 Å². The molecule has 1 aromatic carbocycles. The van der Waals surface area contributed by atoms with Gasteiger partial charge in [0.05, 0.1) is 12.1 Å². The first-order valence-electron chi connectivity index (χ1n) is 5.43. The molecule has 2 aromatic rings. The first kappa shape index (κ1) is 11.1. The number of nitrogens with zero attached hydrogens (tertiary/aromatic N) is 2. The van der Waals surface area contributed by atoms with Crippen LogP contribution in [0.4, 0.5) is 4.39 Å². The van der Waals surface area contributed by atoms with Gasteiger partial charge in [0, 0.05) is 13.1 Å². The third kappa shape index (κ3) is 1.93. The van der Waals surface area contributed by atoms with Crippen LogP contribution in [0.15, 0.2) is 18.2 Å². The van der Waals surface area contributed by atoms with Gasteiger partial charge in [0.1, 0.15) is 17.2 Å². The highest BCUT2D eigenvalue weighted by Crippen LogP contribution is 2.17. The summed E-state index contributed by atoms with van der Waals surface area (Å²) in [5.41, 5.74) is 1.28. The zero-order chi connectivity index (χ0) is 11.7. The maximum atomic E-state index is 13.6. The molecule has 0 spiro atoms. The Morgan fingerprint density at radius 2 is 2.19 bits per heavy atom. The highest BCUT2D eigenvalue weighted by atomic mass is 19.1. The number of hydrogen-bond donors (Lipinski definition) is 1. The van der Waals surface area contributed by atoms with Crippen LogP contribution in [0.2, 0.25) is 0 Å². The Kier molecular flexibility index (Phi) is 2.92. The summed E-state index contributed by atoms with van der Waals surface area (Å²) in [6.45, 7) is 4.80. The van der Waals surface area contributed by atoms with Crippen LogP contribution in [0.25, 0.3) is 11.0 Å². The van der Waals surface area contributed by atoms with Gasteiger partial charge in [-0.2, -0.15) is 0 Å². The zero-order valence-electron chi connectivity index (χ0n) is 9.79. The Bertz CT molecular complexity index is 502. The van der Waals surface area contributed by atoms with E-state index in [0.717, 1.165) is 5.82 Å². The third-order valence-electron chi connectivity index (χ3n) is 2.61. The minimum absolute atomic E-state index is 0.219. The van der Waals surface area contributed by atoms with Crippen molar-refractivity contribution >= 4 is 11.0 Å². The molecule has 0 saturated heterocycles. The fourth-order valence-electron chi connectivity index (χ4n) is 1.72. The zero-order valence-corrected chi connectivity index (χ0v) is 9.79. The second kappa shape index (κ2) is 4.22. The van der Waals surface area contributed by atoms with Crippen molar-refractivity contribution in [2.24, 2.45) is 7.05 Å². The Hall–Kier alpha value is -1.42. The van der Waals surface area contributed by atoms with E-state index in [4.69, 9.17) is 0 Å². The van der Waals surface area contributed by atoms with Crippen molar-refractivity contribution in [1.29, 1.82) is 0 Å². The molecule has 0 radical (unpaired) electrons. The lowest BCUT2D eigenvalue weighted by molar-refractivity contribution is 0.561. The molecule has 0 aliphatic rings. The van der Waals surface area contributed by atoms with Gasteiger partial charge in [-0.25, -0.2) is 9.37 Å². The second-order valence-corrected chi connectivity index (χ2v) is 4.23. The Morgan fingerprint density at radius 1 is 1.44 bits per heavy atom. The molecule has 86 valence electrons. The quantitative estimate of drug-likeness (QED) is 0.861. The predicted molar refractivity (Wildman–Crippen MR) is 62.6 cm³/mol. The van der Waals surface area contributed by atoms with Gasteiger partial charge < -0.3 is 9.88 Å². The third-order valence-corrected chi connectivity index (χ3v) is 2.61. The smallest absolute Gasteiger partial charge is 0.149 e. The molecule has 0 amide bonds. The van der Waals surface area contributed by atoms with E-state index in [1.165, 1.54) is 6.07 Å². The second-order valence-electron chi connectivity index (χ2n) is 4.23. The molecule has 2 rings (SSSR count). The molecule has 0 unspecified atom stereocenters. The average molecular weight is 221 g/mol. The Labute approximate surface area is 94.3 Å². The standard InChI is InChI=1S/C12H16FN3/c1-8(2)14-7-11-15-10-6-4-5-9(13)12(10)16(11)3/h4-6,8,14H,7H2,1-3H3. The number of benzene rings is 1. The van der Waals surface area contributed by atoms with Crippen LogP contribution < -0.4 is 5.32 Å². The topological polar surface area (TPSA) is 29.9 Å². The first-order chi connectivity index (χ1) is 7.59. The highest BCUT2D eigenvalue weighted by Gasteiger charge is 2.10. The van der Waals surface area contributed by atoms with Crippen molar-refractivity contribution < 1.29 is 4.39 Å². The van der Waals surface area contributed by atoms with E-state index in [9.17, 15) is 4.39 Å². The number of imidazole rings is 1. The monoisotopic (exact) mass is 221 g/mol. The summed E-state index contributed by atoms with van der Waals surface area (Å²) in [6, 6.07) is 5.37. The summed E-state index contributed by atoms with van der Waals surface area (Å²) in [5, 5.41) is 3.28. The van der Waals surface area contributed by atoms with Crippen LogP contribution in [-0.4, -0.2) is 15.6 Å². The fourth-order valence-corrected chi connectivity index (χ4v) is 1.72. The summed E-state index contributed by atoms with van der Waals surface area (Å²) < 4.78 is 15.4. The van der Waals surface area contributed by atoms with E-state index in [2.05, 4.69) is 24.1 Å². The summed E-state index contributed by atoms with van der Waals surface area (Å²) in [4.78, 5) is 4.41. The van der Waals surface area contributed by atoms with E-state index >= 15 is 0 Å². The van der Waals surface area contributed by atoms with Crippen molar-refractivity contribution in [2.45, 2.75) is 26.4 Å². The van der Waals surface area contributed by atoms with Crippen LogP contribution in [0.3, 0.4) is 0 Å². The molecule has 0 aliphatic carbocycles. The van der Waals surface area contributed by atoms with Crippen molar-refractivity contribution in [3.05, 3.63) is 29.8 Å². The van der Waals surface area contributed by atoms with Gasteiger partial charge in [0.2, 0.25) is 0 Å². The SMILES string of the molecule is CC(C)NCc1nc2cccc(F)c2n1C. The van der Waals surface area contributed by atoms with Gasteiger partial charge in [-0.15, -0.1) is 0 Å². The summed E-state index contributed by atoms with van der Waals surface area (Å²) in [6.07, 6.45) is 0. The van der Waals surface area contributed by atoms with Crippen molar-refractivity contribution in [3.63, 3.8) is 0 Å². The molecule has 0 fully saturated rings. The average Bonchev–Trinajstić information content (AvgIpc) is 2.54. The van der Waals surface area contributed by atoms with E-state index in [1.807, 2.05) is 13.1 Å². The largest absolute Gasteiger partial charge is 0.328 e. The van der Waals surface area contributed by atoms with Crippen LogP contribution in [-0.2, 0) is 13.6 Å². The number of fused-ring (bicyclic) bond motifs is 1. The normalized spacial score (nSPS) is 11.6. The Morgan fingerprint density at radius 3 is 2.81 bits per heavy atom. The lowest BCUT2D eigenvalue weighted by Crippen LogP contribution is -2.23. The van der Waals surface area contributed by atoms with Gasteiger partial charge in [0.15, 0.2) is 0 Å². The van der Waals surface area contributed by atoms with Gasteiger partial charge in [-0.05, 0) is 12.1 Å². The van der Waals surface area contributed by atoms with Crippen molar-refractivity contribution in [3.8, 4) is 0 Å². The summed E-state index contributed by atoms with van der Waals surface area (Å²) in [7, 11) is 1.84. The molecule has 0 saturated carbocycles. The lowest BCUT2D eigenvalue weighted by atomic mass is 10.3. The molecule has 1 N–H and O–H groups in total. The minimum Gasteiger partial charge on any atom is -0.328 e. The van der Waals surface area contributed by atoms with E-state index < -0.39 is 0 Å². The van der Waals surface area contributed by atoms with E-state index in [0.29, 0.717) is 23.6 Å². The number of rotatable bonds is 3. The number of nitrogens with one attached hydrogen (secondary N) is 1. The molecule has 0 atom stereocenters. The van der Waals surface area contributed by atoms with Gasteiger partial charge in [-0.1, -0.05) is 19.9 Å². The first-order valence-corrected chi connectivity index (χ1v) is 5.43. The predicted octanol–water partition coefficient (Wildman–Crippen LogP) is 2.21. The number of hydrogen-bond acceptors (Lipinski definition) is 2. The number of para-hydroxylation sites is 1. The molecule has 4 heteroatoms. The lowest BCUT2D eigenvalue weighted by Gasteiger charge is -2.07. The molecular weight excluding hydrogens is 205 g/mol. The van der Waals surface area contributed by atoms with Crippen molar-refractivity contribution in [2.75, 3.05) is 0 Å². The van der Waals surface area contributed by atoms with Crippen LogP contribution in [0, 0.1) is 5.82 Å². The van der Waals surface area contributed by atoms with Gasteiger partial charge in [-0.3, -0.25) is 0 Å². The van der Waals surface area contributed by atoms with Crippen LogP contribution >= 0.6 is 0 Å². The molecule has 3 nitrogen and oxygen atoms in total. The van der Waals surface area contributed by atoms with Crippen LogP contribution in [0.1, 0.15) is 19.7 Å². The molecular formula is C12H16FN3. The maximum absolute atomic E-state index is 13.6. The molecule has 1 aromatic heterocycles. The Balaban J connectivity index is 2.40.